The molecule has 2 atom stereocenters. The summed E-state index contributed by atoms with van der Waals surface area (Å²) in [7, 11) is 1.58. The van der Waals surface area contributed by atoms with Gasteiger partial charge in [0.15, 0.2) is 23.7 Å². The minimum absolute atomic E-state index is 0.0165. The first-order valence-electron chi connectivity index (χ1n) is 14.7. The van der Waals surface area contributed by atoms with Gasteiger partial charge in [-0.15, -0.1) is 0 Å². The number of nitrogens with zero attached hydrogens (tertiary/aromatic N) is 5. The minimum atomic E-state index is -1.33. The lowest BCUT2D eigenvalue weighted by Gasteiger charge is -2.36. The summed E-state index contributed by atoms with van der Waals surface area (Å²) in [5.74, 6) is -2.07. The van der Waals surface area contributed by atoms with Crippen LogP contribution in [0.2, 0.25) is 5.02 Å². The van der Waals surface area contributed by atoms with Crippen LogP contribution in [-0.2, 0) is 11.8 Å². The monoisotopic (exact) mass is 638 g/mol. The van der Waals surface area contributed by atoms with E-state index >= 15 is 8.78 Å². The van der Waals surface area contributed by atoms with Gasteiger partial charge in [-0.05, 0) is 50.6 Å². The summed E-state index contributed by atoms with van der Waals surface area (Å²) >= 11 is 6.50. The molecule has 0 radical (unpaired) electrons. The predicted octanol–water partition coefficient (Wildman–Crippen LogP) is 3.86. The number of hydrogen-bond acceptors (Lipinski definition) is 7. The zero-order chi connectivity index (χ0) is 31.8. The summed E-state index contributed by atoms with van der Waals surface area (Å²) < 4.78 is 31.7. The molecule has 2 aromatic heterocycles. The first kappa shape index (κ1) is 30.7. The van der Waals surface area contributed by atoms with E-state index in [2.05, 4.69) is 25.8 Å². The van der Waals surface area contributed by atoms with E-state index in [1.165, 1.54) is 35.2 Å². The number of carbonyl (C=O) groups is 2. The van der Waals surface area contributed by atoms with Crippen molar-refractivity contribution in [2.24, 2.45) is 7.05 Å². The fourth-order valence-corrected chi connectivity index (χ4v) is 6.18. The number of H-pyrrole nitrogens is 1. The number of anilines is 1. The van der Waals surface area contributed by atoms with Crippen LogP contribution in [0, 0.1) is 18.6 Å². The van der Waals surface area contributed by atoms with Crippen LogP contribution in [0.3, 0.4) is 0 Å². The summed E-state index contributed by atoms with van der Waals surface area (Å²) in [6.07, 6.45) is 3.28. The van der Waals surface area contributed by atoms with Crippen LogP contribution in [0.5, 0.6) is 0 Å². The molecule has 0 bridgehead atoms. The van der Waals surface area contributed by atoms with E-state index in [-0.39, 0.29) is 45.5 Å². The second-order valence-corrected chi connectivity index (χ2v) is 11.7. The number of aliphatic hydroxyl groups excluding tert-OH is 1. The molecule has 2 aliphatic heterocycles. The summed E-state index contributed by atoms with van der Waals surface area (Å²) in [6, 6.07) is 7.52. The number of aliphatic hydroxyl groups is 1. The van der Waals surface area contributed by atoms with Crippen molar-refractivity contribution in [2.45, 2.75) is 32.0 Å². The van der Waals surface area contributed by atoms with Gasteiger partial charge >= 0.3 is 0 Å². The number of amides is 2. The van der Waals surface area contributed by atoms with Gasteiger partial charge in [0.1, 0.15) is 0 Å². The van der Waals surface area contributed by atoms with E-state index < -0.39 is 17.9 Å². The maximum absolute atomic E-state index is 15.2. The predicted molar refractivity (Wildman–Crippen MR) is 164 cm³/mol. The normalized spacial score (nSPS) is 17.5. The van der Waals surface area contributed by atoms with Gasteiger partial charge in [0.25, 0.3) is 5.91 Å². The van der Waals surface area contributed by atoms with Gasteiger partial charge in [-0.2, -0.15) is 5.10 Å². The number of imidazole rings is 1. The van der Waals surface area contributed by atoms with Crippen molar-refractivity contribution in [3.05, 3.63) is 76.5 Å². The number of rotatable bonds is 7. The van der Waals surface area contributed by atoms with E-state index in [4.69, 9.17) is 11.6 Å². The Morgan fingerprint density at radius 3 is 2.42 bits per heavy atom. The number of aryl methyl sites for hydroxylation is 1. The largest absolute Gasteiger partial charge is 0.367 e. The molecular formula is C31H33ClF2N8O3. The van der Waals surface area contributed by atoms with Gasteiger partial charge in [-0.3, -0.25) is 14.7 Å². The smallest absolute Gasteiger partial charge is 0.255 e. The number of aromatic amines is 1. The third-order valence-corrected chi connectivity index (χ3v) is 8.80. The minimum Gasteiger partial charge on any atom is -0.367 e. The first-order chi connectivity index (χ1) is 21.6. The van der Waals surface area contributed by atoms with E-state index in [9.17, 15) is 14.7 Å². The van der Waals surface area contributed by atoms with E-state index in [1.807, 2.05) is 0 Å². The van der Waals surface area contributed by atoms with Gasteiger partial charge in [0.2, 0.25) is 5.91 Å². The highest BCUT2D eigenvalue weighted by Crippen LogP contribution is 2.33. The molecule has 4 aromatic rings. The maximum Gasteiger partial charge on any atom is 0.255 e. The average molecular weight is 639 g/mol. The standard InChI is InChI=1S/C31H33ClF2N8O3/c1-17-22(15-37-39-17)19-7-8-21(27(34)26(19)33)25-16-36-28(40(25)2)29(43)38-18-5-6-20(23(32)14-18)30(44)41-10-12-42(13-11-41)31(45)24-4-3-9-35-24/h5-8,14-16,24,29,35,38,43H,3-4,9-13H2,1-2H3,(H,37,39). The molecule has 236 valence electrons. The number of carbonyl (C=O) groups excluding carboxylic acids is 2. The molecule has 2 saturated heterocycles. The Labute approximate surface area is 263 Å². The second kappa shape index (κ2) is 12.6. The lowest BCUT2D eigenvalue weighted by atomic mass is 10.0. The molecular weight excluding hydrogens is 606 g/mol. The Morgan fingerprint density at radius 1 is 1.04 bits per heavy atom. The van der Waals surface area contributed by atoms with E-state index in [0.29, 0.717) is 48.7 Å². The summed E-state index contributed by atoms with van der Waals surface area (Å²) in [5, 5.41) is 23.8. The molecule has 0 aliphatic carbocycles. The number of piperazine rings is 1. The average Bonchev–Trinajstić information content (AvgIpc) is 3.80. The molecule has 2 unspecified atom stereocenters. The van der Waals surface area contributed by atoms with Gasteiger partial charge in [-0.1, -0.05) is 17.7 Å². The van der Waals surface area contributed by atoms with E-state index in [0.717, 1.165) is 19.4 Å². The van der Waals surface area contributed by atoms with Crippen LogP contribution in [0.4, 0.5) is 14.5 Å². The Morgan fingerprint density at radius 2 is 1.76 bits per heavy atom. The molecule has 2 fully saturated rings. The number of nitrogens with one attached hydrogen (secondary N) is 3. The van der Waals surface area contributed by atoms with Crippen LogP contribution >= 0.6 is 11.6 Å². The molecule has 0 saturated carbocycles. The van der Waals surface area contributed by atoms with E-state index in [1.54, 1.807) is 35.9 Å². The fraction of sp³-hybridized carbons (Fsp3) is 0.355. The van der Waals surface area contributed by atoms with Gasteiger partial charge < -0.3 is 30.1 Å². The van der Waals surface area contributed by atoms with Crippen molar-refractivity contribution in [1.29, 1.82) is 0 Å². The van der Waals surface area contributed by atoms with Gasteiger partial charge in [0, 0.05) is 61.3 Å². The molecule has 4 heterocycles. The van der Waals surface area contributed by atoms with Crippen LogP contribution in [0.1, 0.15) is 40.9 Å². The zero-order valence-electron chi connectivity index (χ0n) is 24.8. The summed E-state index contributed by atoms with van der Waals surface area (Å²) in [5.41, 5.74) is 2.12. The van der Waals surface area contributed by atoms with Crippen LogP contribution in [-0.4, -0.2) is 85.2 Å². The van der Waals surface area contributed by atoms with Crippen molar-refractivity contribution in [3.8, 4) is 22.4 Å². The molecule has 14 heteroatoms. The van der Waals surface area contributed by atoms with Crippen molar-refractivity contribution < 1.29 is 23.5 Å². The highest BCUT2D eigenvalue weighted by atomic mass is 35.5. The molecule has 2 amide bonds. The number of benzene rings is 2. The van der Waals surface area contributed by atoms with Crippen molar-refractivity contribution in [2.75, 3.05) is 38.0 Å². The Balaban J connectivity index is 1.11. The number of aromatic nitrogens is 4. The van der Waals surface area contributed by atoms with Gasteiger partial charge in [-0.25, -0.2) is 13.8 Å². The van der Waals surface area contributed by atoms with Crippen LogP contribution < -0.4 is 10.6 Å². The van der Waals surface area contributed by atoms with Gasteiger partial charge in [0.05, 0.1) is 34.7 Å². The third-order valence-electron chi connectivity index (χ3n) is 8.49. The Hall–Kier alpha value is -4.33. The first-order valence-corrected chi connectivity index (χ1v) is 15.1. The van der Waals surface area contributed by atoms with Crippen LogP contribution in [0.25, 0.3) is 22.4 Å². The third kappa shape index (κ3) is 5.90. The molecule has 6 rings (SSSR count). The second-order valence-electron chi connectivity index (χ2n) is 11.3. The highest BCUT2D eigenvalue weighted by molar-refractivity contribution is 6.34. The quantitative estimate of drug-likeness (QED) is 0.226. The molecule has 4 N–H and O–H groups in total. The lowest BCUT2D eigenvalue weighted by Crippen LogP contribution is -2.54. The molecule has 45 heavy (non-hydrogen) atoms. The molecule has 0 spiro atoms. The number of halogens is 3. The molecule has 2 aliphatic rings. The summed E-state index contributed by atoms with van der Waals surface area (Å²) in [4.78, 5) is 33.6. The summed E-state index contributed by atoms with van der Waals surface area (Å²) in [6.45, 7) is 4.30. The SMILES string of the molecule is Cc1[nH]ncc1-c1ccc(-c2cnc(C(O)Nc3ccc(C(=O)N4CCN(C(=O)C5CCCN5)CC4)c(Cl)c3)n2C)c(F)c1F. The number of hydrogen-bond donors (Lipinski definition) is 4. The topological polar surface area (TPSA) is 131 Å². The zero-order valence-corrected chi connectivity index (χ0v) is 25.5. The van der Waals surface area contributed by atoms with Crippen molar-refractivity contribution in [1.82, 2.24) is 34.9 Å². The Kier molecular flexibility index (Phi) is 8.58. The maximum atomic E-state index is 15.2. The highest BCUT2D eigenvalue weighted by Gasteiger charge is 2.31. The van der Waals surface area contributed by atoms with Crippen molar-refractivity contribution >= 4 is 29.1 Å². The Bertz CT molecular complexity index is 1740. The van der Waals surface area contributed by atoms with Crippen LogP contribution in [0.15, 0.2) is 42.7 Å². The lowest BCUT2D eigenvalue weighted by molar-refractivity contribution is -0.134. The van der Waals surface area contributed by atoms with Crippen molar-refractivity contribution in [3.63, 3.8) is 0 Å². The molecule has 2 aromatic carbocycles. The fourth-order valence-electron chi connectivity index (χ4n) is 5.92. The molecule has 11 nitrogen and oxygen atoms in total.